The minimum absolute atomic E-state index is 0.465. The molecule has 5 atom stereocenters. The average molecular weight is 318 g/mol. The molecular formula is C14H26N2O6. The topological polar surface area (TPSA) is 114 Å². The first kappa shape index (κ1) is 17.6. The molecule has 0 radical (unpaired) electrons. The molecule has 2 saturated heterocycles. The first-order valence-corrected chi connectivity index (χ1v) is 7.84. The van der Waals surface area contributed by atoms with E-state index in [4.69, 9.17) is 4.74 Å². The zero-order chi connectivity index (χ0) is 16.3. The molecule has 2 rings (SSSR count). The number of piperazine rings is 1. The van der Waals surface area contributed by atoms with Crippen LogP contribution in [0.4, 0.5) is 0 Å². The van der Waals surface area contributed by atoms with Crippen LogP contribution in [0.5, 0.6) is 0 Å². The maximum atomic E-state index is 12.4. The first-order chi connectivity index (χ1) is 10.5. The lowest BCUT2D eigenvalue weighted by molar-refractivity contribution is -0.278. The fraction of sp³-hybridized carbons (Fsp3) is 0.929. The number of rotatable bonds is 4. The van der Waals surface area contributed by atoms with E-state index in [0.717, 1.165) is 32.5 Å². The van der Waals surface area contributed by atoms with Crippen molar-refractivity contribution in [2.45, 2.75) is 50.5 Å². The van der Waals surface area contributed by atoms with Crippen LogP contribution in [-0.2, 0) is 9.53 Å². The Morgan fingerprint density at radius 1 is 1.05 bits per heavy atom. The third-order valence-electron chi connectivity index (χ3n) is 4.34. The Morgan fingerprint density at radius 3 is 2.27 bits per heavy atom. The molecule has 0 spiro atoms. The Kier molecular flexibility index (Phi) is 6.13. The normalized spacial score (nSPS) is 37.3. The zero-order valence-corrected chi connectivity index (χ0v) is 12.8. The molecule has 8 nitrogen and oxygen atoms in total. The first-order valence-electron chi connectivity index (χ1n) is 7.84. The van der Waals surface area contributed by atoms with Crippen molar-refractivity contribution in [3.8, 4) is 0 Å². The van der Waals surface area contributed by atoms with Crippen LogP contribution in [0, 0.1) is 0 Å². The molecular weight excluding hydrogens is 292 g/mol. The number of carbonyl (C=O) groups is 1. The van der Waals surface area contributed by atoms with E-state index in [9.17, 15) is 25.2 Å². The summed E-state index contributed by atoms with van der Waals surface area (Å²) in [7, 11) is 0. The molecule has 0 aromatic heterocycles. The molecule has 0 aromatic carbocycles. The minimum Gasteiger partial charge on any atom is -0.387 e. The van der Waals surface area contributed by atoms with Crippen molar-refractivity contribution in [2.24, 2.45) is 0 Å². The van der Waals surface area contributed by atoms with Crippen molar-refractivity contribution >= 4 is 5.91 Å². The van der Waals surface area contributed by atoms with E-state index >= 15 is 0 Å². The molecule has 0 saturated carbocycles. The van der Waals surface area contributed by atoms with Gasteiger partial charge in [0, 0.05) is 26.2 Å². The Bertz CT molecular complexity index is 374. The van der Waals surface area contributed by atoms with Crippen LogP contribution in [0.3, 0.4) is 0 Å². The van der Waals surface area contributed by atoms with Gasteiger partial charge in [-0.25, -0.2) is 0 Å². The van der Waals surface area contributed by atoms with Gasteiger partial charge < -0.3 is 30.1 Å². The summed E-state index contributed by atoms with van der Waals surface area (Å²) in [6, 6.07) is 0. The van der Waals surface area contributed by atoms with Crippen LogP contribution in [-0.4, -0.2) is 99.6 Å². The highest BCUT2D eigenvalue weighted by molar-refractivity contribution is 5.82. The fourth-order valence-corrected chi connectivity index (χ4v) is 2.82. The van der Waals surface area contributed by atoms with Crippen molar-refractivity contribution < 1.29 is 30.0 Å². The third kappa shape index (κ3) is 3.76. The summed E-state index contributed by atoms with van der Waals surface area (Å²) >= 11 is 0. The number of hydrogen-bond donors (Lipinski definition) is 4. The number of aliphatic hydroxyl groups is 4. The summed E-state index contributed by atoms with van der Waals surface area (Å²) in [6.07, 6.45) is -5.57. The van der Waals surface area contributed by atoms with E-state index < -0.39 is 36.6 Å². The molecule has 0 aliphatic carbocycles. The Labute approximate surface area is 129 Å². The molecule has 0 aromatic rings. The third-order valence-corrected chi connectivity index (χ3v) is 4.34. The van der Waals surface area contributed by atoms with Crippen LogP contribution in [0.1, 0.15) is 19.8 Å². The quantitative estimate of drug-likeness (QED) is 0.462. The van der Waals surface area contributed by atoms with Gasteiger partial charge in [0.1, 0.15) is 18.3 Å². The molecule has 2 fully saturated rings. The maximum absolute atomic E-state index is 12.4. The highest BCUT2D eigenvalue weighted by Crippen LogP contribution is 2.22. The van der Waals surface area contributed by atoms with Gasteiger partial charge in [0.2, 0.25) is 0 Å². The zero-order valence-electron chi connectivity index (χ0n) is 12.8. The van der Waals surface area contributed by atoms with Crippen molar-refractivity contribution in [3.05, 3.63) is 0 Å². The van der Waals surface area contributed by atoms with Gasteiger partial charge in [0.05, 0.1) is 0 Å². The summed E-state index contributed by atoms with van der Waals surface area (Å²) in [5.74, 6) is -0.465. The second-order valence-electron chi connectivity index (χ2n) is 5.94. The molecule has 8 heteroatoms. The van der Waals surface area contributed by atoms with Gasteiger partial charge in [0.15, 0.2) is 12.4 Å². The highest BCUT2D eigenvalue weighted by atomic mass is 16.6. The molecule has 1 unspecified atom stereocenters. The Morgan fingerprint density at radius 2 is 1.68 bits per heavy atom. The number of aliphatic hydroxyl groups excluding tert-OH is 4. The van der Waals surface area contributed by atoms with Gasteiger partial charge in [-0.05, 0) is 13.0 Å². The smallest absolute Gasteiger partial charge is 0.254 e. The summed E-state index contributed by atoms with van der Waals surface area (Å²) in [5, 5.41) is 38.5. The van der Waals surface area contributed by atoms with Gasteiger partial charge in [-0.3, -0.25) is 9.69 Å². The molecule has 128 valence electrons. The number of amides is 1. The van der Waals surface area contributed by atoms with Crippen molar-refractivity contribution in [1.29, 1.82) is 0 Å². The van der Waals surface area contributed by atoms with Gasteiger partial charge in [0.25, 0.3) is 5.91 Å². The van der Waals surface area contributed by atoms with Crippen LogP contribution in [0.25, 0.3) is 0 Å². The lowest BCUT2D eigenvalue weighted by Crippen LogP contribution is -2.63. The predicted molar refractivity (Wildman–Crippen MR) is 76.8 cm³/mol. The van der Waals surface area contributed by atoms with E-state index in [1.165, 1.54) is 0 Å². The van der Waals surface area contributed by atoms with Crippen molar-refractivity contribution in [2.75, 3.05) is 32.7 Å². The molecule has 22 heavy (non-hydrogen) atoms. The standard InChI is InChI=1S/C14H26N2O6/c1-2-3-4-15-5-7-16(8-6-15)13(20)12-10(18)9(17)11(19)14(21)22-12/h9-12,14,17-19,21H,2-8H2,1H3/t9-,10-,11+,12-,14?/m0/s1. The number of unbranched alkanes of at least 4 members (excludes halogenated alkanes) is 1. The lowest BCUT2D eigenvalue weighted by Gasteiger charge is -2.41. The number of carbonyl (C=O) groups excluding carboxylic acids is 1. The van der Waals surface area contributed by atoms with E-state index in [-0.39, 0.29) is 0 Å². The lowest BCUT2D eigenvalue weighted by atomic mass is 9.98. The second-order valence-corrected chi connectivity index (χ2v) is 5.94. The summed E-state index contributed by atoms with van der Waals surface area (Å²) in [5.41, 5.74) is 0. The number of hydrogen-bond acceptors (Lipinski definition) is 7. The van der Waals surface area contributed by atoms with E-state index in [1.807, 2.05) is 0 Å². The SMILES string of the molecule is CCCCN1CCN(C(=O)[C@H]2OC(O)[C@H](O)[C@@H](O)[C@@H]2O)CC1. The summed E-state index contributed by atoms with van der Waals surface area (Å²) < 4.78 is 4.98. The number of nitrogens with zero attached hydrogens (tertiary/aromatic N) is 2. The molecule has 1 amide bonds. The van der Waals surface area contributed by atoms with Crippen molar-refractivity contribution in [3.63, 3.8) is 0 Å². The van der Waals surface area contributed by atoms with Gasteiger partial charge in [-0.1, -0.05) is 13.3 Å². The van der Waals surface area contributed by atoms with Gasteiger partial charge in [-0.2, -0.15) is 0 Å². The van der Waals surface area contributed by atoms with Gasteiger partial charge in [-0.15, -0.1) is 0 Å². The van der Waals surface area contributed by atoms with Crippen LogP contribution in [0.2, 0.25) is 0 Å². The summed E-state index contributed by atoms with van der Waals surface area (Å²) in [4.78, 5) is 16.2. The van der Waals surface area contributed by atoms with Crippen molar-refractivity contribution in [1.82, 2.24) is 9.80 Å². The molecule has 0 bridgehead atoms. The monoisotopic (exact) mass is 318 g/mol. The molecule has 2 aliphatic heterocycles. The predicted octanol–water partition coefficient (Wildman–Crippen LogP) is -2.27. The maximum Gasteiger partial charge on any atom is 0.254 e. The Hall–Kier alpha value is -0.770. The average Bonchev–Trinajstić information content (AvgIpc) is 2.54. The molecule has 2 aliphatic rings. The van der Waals surface area contributed by atoms with Gasteiger partial charge >= 0.3 is 0 Å². The van der Waals surface area contributed by atoms with Crippen LogP contribution in [0.15, 0.2) is 0 Å². The second kappa shape index (κ2) is 7.67. The summed E-state index contributed by atoms with van der Waals surface area (Å²) in [6.45, 7) is 5.68. The van der Waals surface area contributed by atoms with Crippen LogP contribution < -0.4 is 0 Å². The molecule has 2 heterocycles. The largest absolute Gasteiger partial charge is 0.387 e. The Balaban J connectivity index is 1.89. The van der Waals surface area contributed by atoms with E-state index in [0.29, 0.717) is 13.1 Å². The minimum atomic E-state index is -1.68. The molecule has 4 N–H and O–H groups in total. The highest BCUT2D eigenvalue weighted by Gasteiger charge is 2.47. The fourth-order valence-electron chi connectivity index (χ4n) is 2.82. The van der Waals surface area contributed by atoms with Crippen LogP contribution >= 0.6 is 0 Å². The van der Waals surface area contributed by atoms with E-state index in [2.05, 4.69) is 11.8 Å². The number of ether oxygens (including phenoxy) is 1. The van der Waals surface area contributed by atoms with E-state index in [1.54, 1.807) is 4.90 Å².